The lowest BCUT2D eigenvalue weighted by atomic mass is 10.7. The molecule has 0 amide bonds. The first-order chi connectivity index (χ1) is 4.75. The van der Waals surface area contributed by atoms with Crippen LogP contribution in [0.1, 0.15) is 0 Å². The smallest absolute Gasteiger partial charge is 0.291 e. The average molecular weight is 157 g/mol. The highest BCUT2D eigenvalue weighted by molar-refractivity contribution is 7.18. The molecule has 0 aliphatic carbocycles. The zero-order chi connectivity index (χ0) is 7.14. The van der Waals surface area contributed by atoms with Crippen LogP contribution in [-0.2, 0) is 0 Å². The Hall–Kier alpha value is -1.30. The molecule has 5 nitrogen and oxygen atoms in total. The third-order valence-corrected chi connectivity index (χ3v) is 1.78. The summed E-state index contributed by atoms with van der Waals surface area (Å²) >= 11 is 1.06. The van der Waals surface area contributed by atoms with Gasteiger partial charge >= 0.3 is 0 Å². The van der Waals surface area contributed by atoms with Gasteiger partial charge in [-0.2, -0.15) is 0 Å². The number of rotatable bonds is 0. The number of nitrogens with zero attached hydrogens (tertiary/aromatic N) is 3. The summed E-state index contributed by atoms with van der Waals surface area (Å²) in [5, 5.41) is 24.6. The highest BCUT2D eigenvalue weighted by Gasteiger charge is 2.04. The van der Waals surface area contributed by atoms with E-state index in [0.717, 1.165) is 11.3 Å². The summed E-state index contributed by atoms with van der Waals surface area (Å²) in [4.78, 5) is 0.620. The van der Waals surface area contributed by atoms with Crippen LogP contribution in [0.15, 0.2) is 6.07 Å². The molecule has 0 aliphatic heterocycles. The van der Waals surface area contributed by atoms with Gasteiger partial charge in [0.25, 0.3) is 5.19 Å². The van der Waals surface area contributed by atoms with Crippen molar-refractivity contribution in [2.75, 3.05) is 0 Å². The van der Waals surface area contributed by atoms with Crippen molar-refractivity contribution >= 4 is 16.2 Å². The van der Waals surface area contributed by atoms with Crippen molar-refractivity contribution in [2.45, 2.75) is 0 Å². The van der Waals surface area contributed by atoms with Gasteiger partial charge in [0.2, 0.25) is 5.88 Å². The van der Waals surface area contributed by atoms with Crippen molar-refractivity contribution in [3.63, 3.8) is 0 Å². The fraction of sp³-hybridized carbons (Fsp3) is 0. The quantitative estimate of drug-likeness (QED) is 0.573. The van der Waals surface area contributed by atoms with Crippen LogP contribution in [-0.4, -0.2) is 25.0 Å². The van der Waals surface area contributed by atoms with Gasteiger partial charge in [-0.1, -0.05) is 16.4 Å². The minimum absolute atomic E-state index is 0.0532. The van der Waals surface area contributed by atoms with Gasteiger partial charge in [-0.3, -0.25) is 0 Å². The van der Waals surface area contributed by atoms with Crippen LogP contribution in [0.2, 0.25) is 0 Å². The number of fused-ring (bicyclic) bond motifs is 1. The summed E-state index contributed by atoms with van der Waals surface area (Å²) in [5.41, 5.74) is 0. The Bertz CT molecular complexity index is 302. The molecular formula is C4H3N3O2S. The highest BCUT2D eigenvalue weighted by atomic mass is 32.1. The molecule has 0 atom stereocenters. The van der Waals surface area contributed by atoms with Gasteiger partial charge in [0.15, 0.2) is 0 Å². The lowest BCUT2D eigenvalue weighted by Crippen LogP contribution is -1.83. The van der Waals surface area contributed by atoms with E-state index in [0.29, 0.717) is 4.83 Å². The van der Waals surface area contributed by atoms with Gasteiger partial charge in [-0.25, -0.2) is 0 Å². The van der Waals surface area contributed by atoms with Crippen LogP contribution in [0.25, 0.3) is 4.83 Å². The number of hydrogen-bond donors (Lipinski definition) is 2. The monoisotopic (exact) mass is 157 g/mol. The molecule has 2 N–H and O–H groups in total. The van der Waals surface area contributed by atoms with Gasteiger partial charge in [-0.05, 0) is 0 Å². The number of aromatic nitrogens is 3. The summed E-state index contributed by atoms with van der Waals surface area (Å²) in [6.07, 6.45) is 0. The van der Waals surface area contributed by atoms with Gasteiger partial charge in [0.1, 0.15) is 4.83 Å². The third kappa shape index (κ3) is 0.623. The van der Waals surface area contributed by atoms with E-state index in [4.69, 9.17) is 10.2 Å². The SMILES string of the molecule is Oc1cc2sc(O)nn2n1. The summed E-state index contributed by atoms with van der Waals surface area (Å²) in [5.74, 6) is -0.0845. The van der Waals surface area contributed by atoms with Crippen LogP contribution >= 0.6 is 11.3 Å². The maximum atomic E-state index is 8.80. The molecule has 0 radical (unpaired) electrons. The molecule has 0 saturated carbocycles. The van der Waals surface area contributed by atoms with E-state index in [1.165, 1.54) is 10.7 Å². The molecule has 2 aromatic heterocycles. The standard InChI is InChI=1S/C4H3N3O2S/c8-2-1-3-7(5-2)6-4(9)10-3/h1H,(H,5,8)(H,6,9). The first-order valence-electron chi connectivity index (χ1n) is 2.50. The van der Waals surface area contributed by atoms with Crippen molar-refractivity contribution in [1.29, 1.82) is 0 Å². The number of aromatic hydroxyl groups is 2. The zero-order valence-corrected chi connectivity index (χ0v) is 5.54. The van der Waals surface area contributed by atoms with E-state index in [9.17, 15) is 0 Å². The van der Waals surface area contributed by atoms with Gasteiger partial charge < -0.3 is 10.2 Å². The topological polar surface area (TPSA) is 70.7 Å². The van der Waals surface area contributed by atoms with Gasteiger partial charge in [-0.15, -0.1) is 9.73 Å². The van der Waals surface area contributed by atoms with Crippen molar-refractivity contribution in [2.24, 2.45) is 0 Å². The largest absolute Gasteiger partial charge is 0.492 e. The minimum Gasteiger partial charge on any atom is -0.492 e. The molecule has 0 fully saturated rings. The molecule has 0 bridgehead atoms. The summed E-state index contributed by atoms with van der Waals surface area (Å²) in [7, 11) is 0. The Morgan fingerprint density at radius 2 is 2.20 bits per heavy atom. The second kappa shape index (κ2) is 1.60. The Morgan fingerprint density at radius 1 is 1.40 bits per heavy atom. The average Bonchev–Trinajstić information content (AvgIpc) is 2.21. The van der Waals surface area contributed by atoms with Gasteiger partial charge in [0.05, 0.1) is 0 Å². The second-order valence-electron chi connectivity index (χ2n) is 1.71. The molecule has 0 spiro atoms. The van der Waals surface area contributed by atoms with Crippen LogP contribution in [0.3, 0.4) is 0 Å². The van der Waals surface area contributed by atoms with Crippen LogP contribution < -0.4 is 0 Å². The first kappa shape index (κ1) is 5.48. The van der Waals surface area contributed by atoms with E-state index in [-0.39, 0.29) is 11.1 Å². The molecule has 10 heavy (non-hydrogen) atoms. The van der Waals surface area contributed by atoms with E-state index in [1.54, 1.807) is 0 Å². The van der Waals surface area contributed by atoms with E-state index >= 15 is 0 Å². The third-order valence-electron chi connectivity index (χ3n) is 1.02. The summed E-state index contributed by atoms with van der Waals surface area (Å²) < 4.78 is 1.18. The highest BCUT2D eigenvalue weighted by Crippen LogP contribution is 2.22. The maximum Gasteiger partial charge on any atom is 0.291 e. The molecule has 2 heterocycles. The Labute approximate surface area is 59.2 Å². The lowest BCUT2D eigenvalue weighted by molar-refractivity contribution is 0.436. The van der Waals surface area contributed by atoms with Crippen molar-refractivity contribution < 1.29 is 10.2 Å². The molecular weight excluding hydrogens is 154 g/mol. The summed E-state index contributed by atoms with van der Waals surface area (Å²) in [6, 6.07) is 1.43. The van der Waals surface area contributed by atoms with Crippen molar-refractivity contribution in [1.82, 2.24) is 14.8 Å². The molecule has 0 aliphatic rings. The fourth-order valence-corrected chi connectivity index (χ4v) is 1.31. The van der Waals surface area contributed by atoms with Crippen LogP contribution in [0.5, 0.6) is 11.1 Å². The number of hydrogen-bond acceptors (Lipinski definition) is 5. The lowest BCUT2D eigenvalue weighted by Gasteiger charge is -1.74. The van der Waals surface area contributed by atoms with E-state index in [2.05, 4.69) is 10.2 Å². The Morgan fingerprint density at radius 3 is 2.90 bits per heavy atom. The zero-order valence-electron chi connectivity index (χ0n) is 4.72. The van der Waals surface area contributed by atoms with E-state index < -0.39 is 0 Å². The van der Waals surface area contributed by atoms with E-state index in [1.807, 2.05) is 0 Å². The molecule has 0 aromatic carbocycles. The van der Waals surface area contributed by atoms with Gasteiger partial charge in [0, 0.05) is 6.07 Å². The normalized spacial score (nSPS) is 10.8. The predicted molar refractivity (Wildman–Crippen MR) is 34.2 cm³/mol. The molecule has 52 valence electrons. The minimum atomic E-state index is -0.0845. The molecule has 2 aromatic rings. The van der Waals surface area contributed by atoms with Crippen molar-refractivity contribution in [3.05, 3.63) is 6.07 Å². The van der Waals surface area contributed by atoms with Crippen LogP contribution in [0.4, 0.5) is 0 Å². The Balaban J connectivity index is 2.83. The molecule has 0 unspecified atom stereocenters. The van der Waals surface area contributed by atoms with Crippen molar-refractivity contribution in [3.8, 4) is 11.1 Å². The second-order valence-corrected chi connectivity index (χ2v) is 2.70. The summed E-state index contributed by atoms with van der Waals surface area (Å²) in [6.45, 7) is 0. The Kier molecular flexibility index (Phi) is 0.877. The van der Waals surface area contributed by atoms with Crippen LogP contribution in [0, 0.1) is 0 Å². The fourth-order valence-electron chi connectivity index (χ4n) is 0.680. The first-order valence-corrected chi connectivity index (χ1v) is 3.32. The predicted octanol–water partition coefficient (Wildman–Crippen LogP) is 0.202. The maximum absolute atomic E-state index is 8.80. The molecule has 0 saturated heterocycles. The molecule has 6 heteroatoms. The molecule has 2 rings (SSSR count).